The molecule has 3 heteroatoms. The van der Waals surface area contributed by atoms with E-state index < -0.39 is 0 Å². The Hall–Kier alpha value is -3.56. The van der Waals surface area contributed by atoms with E-state index in [1.807, 2.05) is 24.4 Å². The average molecular weight is 461 g/mol. The lowest BCUT2D eigenvalue weighted by Gasteiger charge is -2.13. The second-order valence-corrected chi connectivity index (χ2v) is 8.55. The Balaban J connectivity index is 1.75. The minimum absolute atomic E-state index is 0.974. The maximum absolute atomic E-state index is 5.15. The molecule has 0 aliphatic heterocycles. The van der Waals surface area contributed by atoms with Crippen LogP contribution >= 0.6 is 15.9 Å². The van der Waals surface area contributed by atoms with Gasteiger partial charge in [0, 0.05) is 37.8 Å². The van der Waals surface area contributed by atoms with Gasteiger partial charge < -0.3 is 0 Å². The number of pyridine rings is 2. The third kappa shape index (κ3) is 3.09. The van der Waals surface area contributed by atoms with Gasteiger partial charge in [-0.3, -0.25) is 4.98 Å². The van der Waals surface area contributed by atoms with Crippen molar-refractivity contribution in [1.82, 2.24) is 9.97 Å². The first-order valence-electron chi connectivity index (χ1n) is 10.2. The summed E-state index contributed by atoms with van der Waals surface area (Å²) < 4.78 is 1.07. The molecule has 6 aromatic rings. The molecule has 0 aliphatic rings. The van der Waals surface area contributed by atoms with Crippen molar-refractivity contribution in [1.29, 1.82) is 0 Å². The van der Waals surface area contributed by atoms with E-state index in [2.05, 4.69) is 94.8 Å². The molecule has 0 aliphatic carbocycles. The zero-order chi connectivity index (χ0) is 20.8. The van der Waals surface area contributed by atoms with Crippen molar-refractivity contribution in [3.8, 4) is 22.4 Å². The summed E-state index contributed by atoms with van der Waals surface area (Å²) in [4.78, 5) is 9.90. The molecule has 146 valence electrons. The topological polar surface area (TPSA) is 25.8 Å². The standard InChI is InChI=1S/C28H17BrN2/c29-22-10-4-8-20(16-22)21-12-13-23-25(17-21)31-27(18-6-2-1-3-7-18)24-14-11-19-9-5-15-30-28(19)26(23)24/h1-17H. The van der Waals surface area contributed by atoms with E-state index in [0.29, 0.717) is 0 Å². The summed E-state index contributed by atoms with van der Waals surface area (Å²) in [5.41, 5.74) is 6.39. The van der Waals surface area contributed by atoms with Crippen LogP contribution in [0, 0.1) is 0 Å². The molecule has 0 spiro atoms. The van der Waals surface area contributed by atoms with E-state index in [9.17, 15) is 0 Å². The number of rotatable bonds is 2. The zero-order valence-corrected chi connectivity index (χ0v) is 18.2. The molecule has 2 heterocycles. The van der Waals surface area contributed by atoms with Crippen LogP contribution in [0.1, 0.15) is 0 Å². The van der Waals surface area contributed by atoms with Gasteiger partial charge in [0.15, 0.2) is 0 Å². The Morgan fingerprint density at radius 1 is 0.613 bits per heavy atom. The van der Waals surface area contributed by atoms with Crippen molar-refractivity contribution in [2.45, 2.75) is 0 Å². The molecule has 0 bridgehead atoms. The molecule has 0 N–H and O–H groups in total. The van der Waals surface area contributed by atoms with Crippen LogP contribution in [0.4, 0.5) is 0 Å². The second-order valence-electron chi connectivity index (χ2n) is 7.63. The summed E-state index contributed by atoms with van der Waals surface area (Å²) in [6.07, 6.45) is 1.87. The zero-order valence-electron chi connectivity index (χ0n) is 16.6. The number of hydrogen-bond donors (Lipinski definition) is 0. The fraction of sp³-hybridized carbons (Fsp3) is 0. The normalized spacial score (nSPS) is 11.4. The molecule has 31 heavy (non-hydrogen) atoms. The largest absolute Gasteiger partial charge is 0.256 e. The summed E-state index contributed by atoms with van der Waals surface area (Å²) in [5.74, 6) is 0. The first kappa shape index (κ1) is 18.2. The van der Waals surface area contributed by atoms with E-state index in [0.717, 1.165) is 59.4 Å². The SMILES string of the molecule is Brc1cccc(-c2ccc3c(c2)nc(-c2ccccc2)c2ccc4cccnc4c23)c1. The molecule has 0 saturated heterocycles. The van der Waals surface area contributed by atoms with E-state index in [1.165, 1.54) is 0 Å². The maximum atomic E-state index is 5.15. The predicted octanol–water partition coefficient (Wildman–Crippen LogP) is 8.03. The van der Waals surface area contributed by atoms with Crippen LogP contribution in [-0.2, 0) is 0 Å². The molecule has 0 saturated carbocycles. The monoisotopic (exact) mass is 460 g/mol. The van der Waals surface area contributed by atoms with Gasteiger partial charge in [-0.15, -0.1) is 0 Å². The molecule has 0 unspecified atom stereocenters. The highest BCUT2D eigenvalue weighted by atomic mass is 79.9. The molecular formula is C28H17BrN2. The Bertz CT molecular complexity index is 1590. The predicted molar refractivity (Wildman–Crippen MR) is 133 cm³/mol. The van der Waals surface area contributed by atoms with Crippen LogP contribution in [0.25, 0.3) is 55.0 Å². The quantitative estimate of drug-likeness (QED) is 0.244. The van der Waals surface area contributed by atoms with E-state index in [-0.39, 0.29) is 0 Å². The number of halogens is 1. The lowest BCUT2D eigenvalue weighted by atomic mass is 9.96. The number of nitrogens with zero attached hydrogens (tertiary/aromatic N) is 2. The van der Waals surface area contributed by atoms with Gasteiger partial charge in [-0.1, -0.05) is 88.7 Å². The van der Waals surface area contributed by atoms with Crippen LogP contribution in [0.15, 0.2) is 108 Å². The Morgan fingerprint density at radius 2 is 1.42 bits per heavy atom. The first-order valence-corrected chi connectivity index (χ1v) is 11.0. The smallest absolute Gasteiger partial charge is 0.0788 e. The van der Waals surface area contributed by atoms with E-state index >= 15 is 0 Å². The average Bonchev–Trinajstić information content (AvgIpc) is 2.83. The van der Waals surface area contributed by atoms with Gasteiger partial charge in [0.2, 0.25) is 0 Å². The number of fused-ring (bicyclic) bond motifs is 5. The highest BCUT2D eigenvalue weighted by Crippen LogP contribution is 2.37. The summed E-state index contributed by atoms with van der Waals surface area (Å²) in [6.45, 7) is 0. The highest BCUT2D eigenvalue weighted by Gasteiger charge is 2.14. The summed E-state index contributed by atoms with van der Waals surface area (Å²) in [5, 5.41) is 4.54. The molecule has 2 aromatic heterocycles. The van der Waals surface area contributed by atoms with Gasteiger partial charge in [-0.25, -0.2) is 4.98 Å². The number of benzene rings is 4. The van der Waals surface area contributed by atoms with Crippen molar-refractivity contribution >= 4 is 48.5 Å². The van der Waals surface area contributed by atoms with Gasteiger partial charge in [0.25, 0.3) is 0 Å². The lowest BCUT2D eigenvalue weighted by molar-refractivity contribution is 1.41. The third-order valence-electron chi connectivity index (χ3n) is 5.73. The van der Waals surface area contributed by atoms with Crippen molar-refractivity contribution < 1.29 is 0 Å². The molecule has 4 aromatic carbocycles. The fourth-order valence-electron chi connectivity index (χ4n) is 4.30. The van der Waals surface area contributed by atoms with Crippen LogP contribution in [0.3, 0.4) is 0 Å². The van der Waals surface area contributed by atoms with Gasteiger partial charge in [0.1, 0.15) is 0 Å². The van der Waals surface area contributed by atoms with Gasteiger partial charge in [0.05, 0.1) is 16.7 Å². The maximum Gasteiger partial charge on any atom is 0.0788 e. The van der Waals surface area contributed by atoms with Crippen LogP contribution in [0.5, 0.6) is 0 Å². The molecule has 2 nitrogen and oxygen atoms in total. The van der Waals surface area contributed by atoms with Crippen molar-refractivity contribution in [3.05, 3.63) is 108 Å². The number of hydrogen-bond acceptors (Lipinski definition) is 2. The molecule has 0 amide bonds. The van der Waals surface area contributed by atoms with Crippen LogP contribution in [-0.4, -0.2) is 9.97 Å². The Morgan fingerprint density at radius 3 is 2.29 bits per heavy atom. The Kier molecular flexibility index (Phi) is 4.29. The summed E-state index contributed by atoms with van der Waals surface area (Å²) in [6, 6.07) is 33.7. The molecule has 0 atom stereocenters. The van der Waals surface area contributed by atoms with Crippen molar-refractivity contribution in [3.63, 3.8) is 0 Å². The van der Waals surface area contributed by atoms with Gasteiger partial charge >= 0.3 is 0 Å². The summed E-state index contributed by atoms with van der Waals surface area (Å²) in [7, 11) is 0. The van der Waals surface area contributed by atoms with Gasteiger partial charge in [-0.2, -0.15) is 0 Å². The minimum atomic E-state index is 0.974. The molecule has 0 fully saturated rings. The Labute approximate surface area is 188 Å². The van der Waals surface area contributed by atoms with Crippen molar-refractivity contribution in [2.75, 3.05) is 0 Å². The fourth-order valence-corrected chi connectivity index (χ4v) is 4.69. The molecule has 0 radical (unpaired) electrons. The van der Waals surface area contributed by atoms with Crippen LogP contribution < -0.4 is 0 Å². The minimum Gasteiger partial charge on any atom is -0.256 e. The second kappa shape index (κ2) is 7.29. The van der Waals surface area contributed by atoms with Crippen molar-refractivity contribution in [2.24, 2.45) is 0 Å². The third-order valence-corrected chi connectivity index (χ3v) is 6.23. The highest BCUT2D eigenvalue weighted by molar-refractivity contribution is 9.10. The van der Waals surface area contributed by atoms with E-state index in [4.69, 9.17) is 9.97 Å². The molecular weight excluding hydrogens is 444 g/mol. The number of aromatic nitrogens is 2. The van der Waals surface area contributed by atoms with Gasteiger partial charge in [-0.05, 0) is 35.4 Å². The first-order chi connectivity index (χ1) is 15.3. The molecule has 6 rings (SSSR count). The van der Waals surface area contributed by atoms with Crippen LogP contribution in [0.2, 0.25) is 0 Å². The summed E-state index contributed by atoms with van der Waals surface area (Å²) >= 11 is 3.59. The van der Waals surface area contributed by atoms with E-state index in [1.54, 1.807) is 0 Å². The lowest BCUT2D eigenvalue weighted by Crippen LogP contribution is -1.92.